The van der Waals surface area contributed by atoms with Gasteiger partial charge in [-0.15, -0.1) is 0 Å². The first-order chi connectivity index (χ1) is 8.20. The van der Waals surface area contributed by atoms with E-state index in [-0.39, 0.29) is 18.0 Å². The molecule has 4 heteroatoms. The van der Waals surface area contributed by atoms with E-state index in [4.69, 9.17) is 4.74 Å². The normalized spacial score (nSPS) is 24.6. The number of anilines is 1. The molecule has 0 radical (unpaired) electrons. The Morgan fingerprint density at radius 2 is 2.12 bits per heavy atom. The molecule has 0 spiro atoms. The zero-order chi connectivity index (χ0) is 12.3. The van der Waals surface area contributed by atoms with Crippen molar-refractivity contribution in [3.05, 3.63) is 28.5 Å². The average Bonchev–Trinajstić information content (AvgIpc) is 2.34. The van der Waals surface area contributed by atoms with Crippen molar-refractivity contribution in [3.8, 4) is 0 Å². The van der Waals surface area contributed by atoms with Gasteiger partial charge in [-0.3, -0.25) is 0 Å². The van der Waals surface area contributed by atoms with E-state index in [9.17, 15) is 4.39 Å². The largest absolute Gasteiger partial charge is 0.379 e. The van der Waals surface area contributed by atoms with Crippen LogP contribution in [-0.4, -0.2) is 19.3 Å². The van der Waals surface area contributed by atoms with E-state index in [1.807, 2.05) is 0 Å². The fourth-order valence-electron chi connectivity index (χ4n) is 2.35. The molecule has 2 atom stereocenters. The average molecular weight is 302 g/mol. The van der Waals surface area contributed by atoms with Crippen LogP contribution in [0.15, 0.2) is 22.7 Å². The van der Waals surface area contributed by atoms with Crippen molar-refractivity contribution < 1.29 is 9.13 Å². The summed E-state index contributed by atoms with van der Waals surface area (Å²) in [5.41, 5.74) is 0.805. The van der Waals surface area contributed by atoms with E-state index in [1.54, 1.807) is 13.2 Å². The molecule has 2 nitrogen and oxygen atoms in total. The van der Waals surface area contributed by atoms with E-state index >= 15 is 0 Å². The highest BCUT2D eigenvalue weighted by atomic mass is 79.9. The molecule has 1 aliphatic carbocycles. The minimum Gasteiger partial charge on any atom is -0.379 e. The first-order valence-electron chi connectivity index (χ1n) is 5.95. The van der Waals surface area contributed by atoms with Gasteiger partial charge in [0.2, 0.25) is 0 Å². The monoisotopic (exact) mass is 301 g/mol. The molecule has 1 N–H and O–H groups in total. The maximum absolute atomic E-state index is 13.2. The Morgan fingerprint density at radius 3 is 2.88 bits per heavy atom. The second-order valence-electron chi connectivity index (χ2n) is 4.43. The van der Waals surface area contributed by atoms with Gasteiger partial charge in [0.25, 0.3) is 0 Å². The zero-order valence-electron chi connectivity index (χ0n) is 9.88. The lowest BCUT2D eigenvalue weighted by atomic mass is 9.92. The molecule has 1 aliphatic rings. The fourth-order valence-corrected chi connectivity index (χ4v) is 2.71. The van der Waals surface area contributed by atoms with Gasteiger partial charge in [0.15, 0.2) is 0 Å². The van der Waals surface area contributed by atoms with Crippen molar-refractivity contribution in [2.45, 2.75) is 37.8 Å². The SMILES string of the molecule is COC1CCCCC1Nc1cc(F)ccc1Br. The first-order valence-corrected chi connectivity index (χ1v) is 6.74. The van der Waals surface area contributed by atoms with Crippen molar-refractivity contribution in [2.75, 3.05) is 12.4 Å². The van der Waals surface area contributed by atoms with Gasteiger partial charge in [0.05, 0.1) is 17.8 Å². The molecule has 94 valence electrons. The minimum atomic E-state index is -0.222. The molecular formula is C13H17BrFNO. The molecule has 1 fully saturated rings. The number of methoxy groups -OCH3 is 1. The van der Waals surface area contributed by atoms with Crippen LogP contribution in [0, 0.1) is 5.82 Å². The molecule has 0 heterocycles. The molecule has 0 amide bonds. The fraction of sp³-hybridized carbons (Fsp3) is 0.538. The van der Waals surface area contributed by atoms with Gasteiger partial charge in [-0.1, -0.05) is 12.8 Å². The van der Waals surface area contributed by atoms with Crippen LogP contribution in [0.5, 0.6) is 0 Å². The van der Waals surface area contributed by atoms with Crippen molar-refractivity contribution in [2.24, 2.45) is 0 Å². The highest BCUT2D eigenvalue weighted by molar-refractivity contribution is 9.10. The Morgan fingerprint density at radius 1 is 1.35 bits per heavy atom. The van der Waals surface area contributed by atoms with Crippen molar-refractivity contribution in [1.82, 2.24) is 0 Å². The molecule has 0 aliphatic heterocycles. The highest BCUT2D eigenvalue weighted by Crippen LogP contribution is 2.28. The molecular weight excluding hydrogens is 285 g/mol. The third-order valence-electron chi connectivity index (χ3n) is 3.27. The maximum Gasteiger partial charge on any atom is 0.125 e. The van der Waals surface area contributed by atoms with Crippen LogP contribution in [-0.2, 0) is 4.74 Å². The maximum atomic E-state index is 13.2. The number of hydrogen-bond acceptors (Lipinski definition) is 2. The Labute approximate surface area is 110 Å². The summed E-state index contributed by atoms with van der Waals surface area (Å²) in [6.45, 7) is 0. The Kier molecular flexibility index (Phi) is 4.40. The summed E-state index contributed by atoms with van der Waals surface area (Å²) in [4.78, 5) is 0. The summed E-state index contributed by atoms with van der Waals surface area (Å²) in [6.07, 6.45) is 4.77. The van der Waals surface area contributed by atoms with Crippen LogP contribution >= 0.6 is 15.9 Å². The van der Waals surface area contributed by atoms with E-state index in [0.717, 1.165) is 23.0 Å². The molecule has 0 bridgehead atoms. The Balaban J connectivity index is 2.10. The van der Waals surface area contributed by atoms with Crippen LogP contribution in [0.4, 0.5) is 10.1 Å². The van der Waals surface area contributed by atoms with Crippen LogP contribution in [0.2, 0.25) is 0 Å². The molecule has 2 rings (SSSR count). The summed E-state index contributed by atoms with van der Waals surface area (Å²) in [6, 6.07) is 4.96. The summed E-state index contributed by atoms with van der Waals surface area (Å²) < 4.78 is 19.6. The van der Waals surface area contributed by atoms with Gasteiger partial charge in [-0.05, 0) is 47.0 Å². The Hall–Kier alpha value is -0.610. The molecule has 1 saturated carbocycles. The summed E-state index contributed by atoms with van der Waals surface area (Å²) in [5, 5.41) is 3.38. The second kappa shape index (κ2) is 5.83. The zero-order valence-corrected chi connectivity index (χ0v) is 11.5. The number of halogens is 2. The van der Waals surface area contributed by atoms with Gasteiger partial charge in [0.1, 0.15) is 5.82 Å². The topological polar surface area (TPSA) is 21.3 Å². The highest BCUT2D eigenvalue weighted by Gasteiger charge is 2.25. The van der Waals surface area contributed by atoms with Gasteiger partial charge < -0.3 is 10.1 Å². The van der Waals surface area contributed by atoms with Crippen LogP contribution in [0.25, 0.3) is 0 Å². The smallest absolute Gasteiger partial charge is 0.125 e. The van der Waals surface area contributed by atoms with Crippen LogP contribution < -0.4 is 5.32 Å². The van der Waals surface area contributed by atoms with Crippen LogP contribution in [0.3, 0.4) is 0 Å². The quantitative estimate of drug-likeness (QED) is 0.912. The molecule has 1 aromatic rings. The second-order valence-corrected chi connectivity index (χ2v) is 5.29. The van der Waals surface area contributed by atoms with E-state index in [2.05, 4.69) is 21.2 Å². The van der Waals surface area contributed by atoms with Gasteiger partial charge in [0, 0.05) is 11.6 Å². The summed E-state index contributed by atoms with van der Waals surface area (Å²) in [5.74, 6) is -0.222. The van der Waals surface area contributed by atoms with Gasteiger partial charge in [-0.2, -0.15) is 0 Å². The third-order valence-corrected chi connectivity index (χ3v) is 3.97. The number of ether oxygens (including phenoxy) is 1. The van der Waals surface area contributed by atoms with E-state index < -0.39 is 0 Å². The van der Waals surface area contributed by atoms with Crippen molar-refractivity contribution in [1.29, 1.82) is 0 Å². The molecule has 0 aromatic heterocycles. The molecule has 0 saturated heterocycles. The molecule has 2 unspecified atom stereocenters. The van der Waals surface area contributed by atoms with E-state index in [0.29, 0.717) is 0 Å². The number of nitrogens with one attached hydrogen (secondary N) is 1. The van der Waals surface area contributed by atoms with Gasteiger partial charge >= 0.3 is 0 Å². The number of hydrogen-bond donors (Lipinski definition) is 1. The van der Waals surface area contributed by atoms with Gasteiger partial charge in [-0.25, -0.2) is 4.39 Å². The van der Waals surface area contributed by atoms with Crippen molar-refractivity contribution in [3.63, 3.8) is 0 Å². The Bertz CT molecular complexity index is 386. The molecule has 1 aromatic carbocycles. The summed E-state index contributed by atoms with van der Waals surface area (Å²) in [7, 11) is 1.74. The third kappa shape index (κ3) is 3.19. The lowest BCUT2D eigenvalue weighted by molar-refractivity contribution is 0.0606. The van der Waals surface area contributed by atoms with Crippen molar-refractivity contribution >= 4 is 21.6 Å². The standard InChI is InChI=1S/C13H17BrFNO/c1-17-13-5-3-2-4-11(13)16-12-8-9(15)6-7-10(12)14/h6-8,11,13,16H,2-5H2,1H3. The summed E-state index contributed by atoms with van der Waals surface area (Å²) >= 11 is 3.43. The molecule has 17 heavy (non-hydrogen) atoms. The lowest BCUT2D eigenvalue weighted by Crippen LogP contribution is -2.37. The van der Waals surface area contributed by atoms with Crippen LogP contribution in [0.1, 0.15) is 25.7 Å². The lowest BCUT2D eigenvalue weighted by Gasteiger charge is -2.32. The predicted octanol–water partition coefficient (Wildman–Crippen LogP) is 3.96. The number of benzene rings is 1. The van der Waals surface area contributed by atoms with E-state index in [1.165, 1.54) is 25.0 Å². The predicted molar refractivity (Wildman–Crippen MR) is 70.8 cm³/mol. The minimum absolute atomic E-state index is 0.221. The first kappa shape index (κ1) is 12.8. The number of rotatable bonds is 3.